The SMILES string of the molecule is COC(=O)C12COCC(F)(C1)C2. The summed E-state index contributed by atoms with van der Waals surface area (Å²) in [4.78, 5) is 11.2. The number of carbonyl (C=O) groups excluding carboxylic acids is 1. The van der Waals surface area contributed by atoms with Gasteiger partial charge in [-0.3, -0.25) is 4.79 Å². The fourth-order valence-corrected chi connectivity index (χ4v) is 2.21. The molecule has 4 heteroatoms. The molecule has 0 aromatic heterocycles. The van der Waals surface area contributed by atoms with E-state index in [0.29, 0.717) is 6.61 Å². The number of esters is 1. The first-order valence-corrected chi connectivity index (χ1v) is 3.95. The molecule has 0 aromatic carbocycles. The Morgan fingerprint density at radius 3 is 2.67 bits per heavy atom. The van der Waals surface area contributed by atoms with Gasteiger partial charge in [0.05, 0.1) is 25.7 Å². The molecule has 68 valence electrons. The Morgan fingerprint density at radius 2 is 2.17 bits per heavy atom. The maximum atomic E-state index is 13.3. The Balaban J connectivity index is 2.11. The lowest BCUT2D eigenvalue weighted by Crippen LogP contribution is -2.62. The Morgan fingerprint density at radius 1 is 1.50 bits per heavy atom. The van der Waals surface area contributed by atoms with Crippen LogP contribution < -0.4 is 0 Å². The Bertz CT molecular complexity index is 220. The fourth-order valence-electron chi connectivity index (χ4n) is 2.21. The highest BCUT2D eigenvalue weighted by Crippen LogP contribution is 2.55. The number of alkyl halides is 1. The molecule has 2 saturated heterocycles. The molecule has 3 nitrogen and oxygen atoms in total. The van der Waals surface area contributed by atoms with E-state index in [1.54, 1.807) is 0 Å². The molecule has 0 amide bonds. The molecule has 0 aromatic rings. The molecule has 3 aliphatic rings. The zero-order valence-electron chi connectivity index (χ0n) is 6.93. The molecular formula is C8H11FO3. The number of ether oxygens (including phenoxy) is 2. The van der Waals surface area contributed by atoms with Crippen LogP contribution in [0.2, 0.25) is 0 Å². The van der Waals surface area contributed by atoms with Gasteiger partial charge in [-0.15, -0.1) is 0 Å². The zero-order valence-corrected chi connectivity index (χ0v) is 6.93. The van der Waals surface area contributed by atoms with Gasteiger partial charge in [0.15, 0.2) is 0 Å². The van der Waals surface area contributed by atoms with Gasteiger partial charge in [0.25, 0.3) is 0 Å². The number of methoxy groups -OCH3 is 1. The van der Waals surface area contributed by atoms with Crippen molar-refractivity contribution >= 4 is 5.97 Å². The van der Waals surface area contributed by atoms with Crippen LogP contribution in [0, 0.1) is 5.41 Å². The molecule has 0 radical (unpaired) electrons. The van der Waals surface area contributed by atoms with Crippen LogP contribution in [-0.4, -0.2) is 32.0 Å². The predicted molar refractivity (Wildman–Crippen MR) is 38.3 cm³/mol. The minimum absolute atomic E-state index is 0.131. The van der Waals surface area contributed by atoms with Gasteiger partial charge in [-0.25, -0.2) is 4.39 Å². The van der Waals surface area contributed by atoms with E-state index in [-0.39, 0.29) is 25.4 Å². The van der Waals surface area contributed by atoms with Crippen LogP contribution in [0.25, 0.3) is 0 Å². The second kappa shape index (κ2) is 2.19. The van der Waals surface area contributed by atoms with E-state index in [1.165, 1.54) is 7.11 Å². The first-order chi connectivity index (χ1) is 5.60. The lowest BCUT2D eigenvalue weighted by Gasteiger charge is -2.53. The average molecular weight is 174 g/mol. The molecule has 0 spiro atoms. The fraction of sp³-hybridized carbons (Fsp3) is 0.875. The average Bonchev–Trinajstić information content (AvgIpc) is 2.01. The lowest BCUT2D eigenvalue weighted by molar-refractivity contribution is -0.219. The van der Waals surface area contributed by atoms with Crippen LogP contribution in [0.3, 0.4) is 0 Å². The highest BCUT2D eigenvalue weighted by atomic mass is 19.1. The monoisotopic (exact) mass is 174 g/mol. The number of carbonyl (C=O) groups is 1. The number of hydrogen-bond acceptors (Lipinski definition) is 3. The normalized spacial score (nSPS) is 44.8. The minimum atomic E-state index is -1.26. The van der Waals surface area contributed by atoms with Crippen molar-refractivity contribution in [1.82, 2.24) is 0 Å². The summed E-state index contributed by atoms with van der Waals surface area (Å²) in [5, 5.41) is 0. The van der Waals surface area contributed by atoms with Gasteiger partial charge in [0.1, 0.15) is 5.67 Å². The van der Waals surface area contributed by atoms with Crippen LogP contribution in [0.1, 0.15) is 12.8 Å². The Labute approximate surface area is 69.8 Å². The van der Waals surface area contributed by atoms with Crippen molar-refractivity contribution in [3.8, 4) is 0 Å². The Hall–Kier alpha value is -0.640. The van der Waals surface area contributed by atoms with Crippen LogP contribution in [0.15, 0.2) is 0 Å². The van der Waals surface area contributed by atoms with E-state index in [2.05, 4.69) is 4.74 Å². The van der Waals surface area contributed by atoms with Gasteiger partial charge in [-0.05, 0) is 0 Å². The largest absolute Gasteiger partial charge is 0.469 e. The van der Waals surface area contributed by atoms with Gasteiger partial charge in [0.2, 0.25) is 0 Å². The summed E-state index contributed by atoms with van der Waals surface area (Å²) in [7, 11) is 1.32. The predicted octanol–water partition coefficient (Wildman–Crippen LogP) is 0.678. The standard InChI is InChI=1S/C8H11FO3/c1-11-6(10)7-2-8(9,3-7)5-12-4-7/h2-5H2,1H3. The highest BCUT2D eigenvalue weighted by Gasteiger charge is 2.63. The molecule has 0 unspecified atom stereocenters. The lowest BCUT2D eigenvalue weighted by atomic mass is 9.59. The van der Waals surface area contributed by atoms with Crippen molar-refractivity contribution in [2.24, 2.45) is 5.41 Å². The molecule has 3 rings (SSSR count). The first-order valence-electron chi connectivity index (χ1n) is 3.95. The van der Waals surface area contributed by atoms with E-state index < -0.39 is 11.1 Å². The molecule has 1 aliphatic carbocycles. The number of rotatable bonds is 1. The molecule has 2 aliphatic heterocycles. The highest BCUT2D eigenvalue weighted by molar-refractivity contribution is 5.79. The smallest absolute Gasteiger partial charge is 0.314 e. The molecule has 12 heavy (non-hydrogen) atoms. The van der Waals surface area contributed by atoms with Crippen molar-refractivity contribution < 1.29 is 18.7 Å². The van der Waals surface area contributed by atoms with E-state index in [0.717, 1.165) is 0 Å². The van der Waals surface area contributed by atoms with E-state index >= 15 is 0 Å². The van der Waals surface area contributed by atoms with Crippen molar-refractivity contribution in [2.45, 2.75) is 18.5 Å². The molecule has 2 bridgehead atoms. The van der Waals surface area contributed by atoms with Crippen LogP contribution in [0.4, 0.5) is 4.39 Å². The van der Waals surface area contributed by atoms with Gasteiger partial charge in [0, 0.05) is 12.8 Å². The van der Waals surface area contributed by atoms with Crippen LogP contribution in [0.5, 0.6) is 0 Å². The number of fused-ring (bicyclic) bond motifs is 2. The van der Waals surface area contributed by atoms with E-state index in [9.17, 15) is 9.18 Å². The molecule has 1 saturated carbocycles. The van der Waals surface area contributed by atoms with Crippen molar-refractivity contribution in [2.75, 3.05) is 20.3 Å². The summed E-state index contributed by atoms with van der Waals surface area (Å²) in [5.74, 6) is -0.338. The maximum Gasteiger partial charge on any atom is 0.314 e. The van der Waals surface area contributed by atoms with Crippen molar-refractivity contribution in [3.63, 3.8) is 0 Å². The van der Waals surface area contributed by atoms with Gasteiger partial charge < -0.3 is 9.47 Å². The third-order valence-corrected chi connectivity index (χ3v) is 2.67. The van der Waals surface area contributed by atoms with Crippen LogP contribution in [-0.2, 0) is 14.3 Å². The zero-order chi connectivity index (χ0) is 8.82. The van der Waals surface area contributed by atoms with Gasteiger partial charge >= 0.3 is 5.97 Å². The quantitative estimate of drug-likeness (QED) is 0.548. The Kier molecular flexibility index (Phi) is 1.46. The van der Waals surface area contributed by atoms with E-state index in [1.807, 2.05) is 0 Å². The van der Waals surface area contributed by atoms with Crippen molar-refractivity contribution in [3.05, 3.63) is 0 Å². The topological polar surface area (TPSA) is 35.5 Å². The van der Waals surface area contributed by atoms with Crippen molar-refractivity contribution in [1.29, 1.82) is 0 Å². The second-order valence-corrected chi connectivity index (χ2v) is 3.77. The summed E-state index contributed by atoms with van der Waals surface area (Å²) in [6.07, 6.45) is 0.541. The third-order valence-electron chi connectivity index (χ3n) is 2.67. The molecule has 0 N–H and O–H groups in total. The number of hydrogen-bond donors (Lipinski definition) is 0. The maximum absolute atomic E-state index is 13.3. The molecule has 0 atom stereocenters. The minimum Gasteiger partial charge on any atom is -0.469 e. The summed E-state index contributed by atoms with van der Waals surface area (Å²) >= 11 is 0. The first kappa shape index (κ1) is 7.98. The van der Waals surface area contributed by atoms with Crippen LogP contribution >= 0.6 is 0 Å². The summed E-state index contributed by atoms with van der Waals surface area (Å²) in [6.45, 7) is 0.442. The number of halogens is 1. The third kappa shape index (κ3) is 0.874. The molecule has 2 heterocycles. The van der Waals surface area contributed by atoms with E-state index in [4.69, 9.17) is 4.74 Å². The molecular weight excluding hydrogens is 163 g/mol. The summed E-state index contributed by atoms with van der Waals surface area (Å²) in [6, 6.07) is 0. The van der Waals surface area contributed by atoms with Gasteiger partial charge in [-0.2, -0.15) is 0 Å². The molecule has 3 fully saturated rings. The van der Waals surface area contributed by atoms with Gasteiger partial charge in [-0.1, -0.05) is 0 Å². The summed E-state index contributed by atoms with van der Waals surface area (Å²) < 4.78 is 22.9. The second-order valence-electron chi connectivity index (χ2n) is 3.77. The summed E-state index contributed by atoms with van der Waals surface area (Å²) in [5.41, 5.74) is -1.92.